The maximum Gasteiger partial charge on any atom is 0.233 e. The molecule has 0 unspecified atom stereocenters. The molecule has 4 nitrogen and oxygen atoms in total. The Morgan fingerprint density at radius 1 is 1.03 bits per heavy atom. The zero-order valence-corrected chi connectivity index (χ0v) is 17.7. The van der Waals surface area contributed by atoms with Crippen LogP contribution in [0.5, 0.6) is 0 Å². The summed E-state index contributed by atoms with van der Waals surface area (Å²) in [5.41, 5.74) is 6.44. The lowest BCUT2D eigenvalue weighted by atomic mass is 10.0. The number of aromatic nitrogens is 2. The highest BCUT2D eigenvalue weighted by molar-refractivity contribution is 7.22. The molecule has 0 fully saturated rings. The number of carbonyl (C=O) groups excluding carboxylic acids is 1. The van der Waals surface area contributed by atoms with Crippen LogP contribution in [0.15, 0.2) is 60.9 Å². The zero-order valence-electron chi connectivity index (χ0n) is 16.8. The average Bonchev–Trinajstić information content (AvgIpc) is 3.12. The minimum absolute atomic E-state index is 0.0401. The summed E-state index contributed by atoms with van der Waals surface area (Å²) in [5.74, 6) is 0.0401. The van der Waals surface area contributed by atoms with Crippen molar-refractivity contribution >= 4 is 32.6 Å². The van der Waals surface area contributed by atoms with Crippen LogP contribution in [0, 0.1) is 20.8 Å². The highest BCUT2D eigenvalue weighted by atomic mass is 32.1. The SMILES string of the molecule is Cc1ccc(C)c(CC(=O)N(Cc2cccnc2)c2nc3ccc(C)cc3s2)c1. The first-order chi connectivity index (χ1) is 14.0. The molecule has 146 valence electrons. The number of nitrogens with zero attached hydrogens (tertiary/aromatic N) is 3. The fraction of sp³-hybridized carbons (Fsp3) is 0.208. The molecule has 0 aliphatic rings. The largest absolute Gasteiger partial charge is 0.283 e. The number of fused-ring (bicyclic) bond motifs is 1. The highest BCUT2D eigenvalue weighted by Crippen LogP contribution is 2.31. The maximum absolute atomic E-state index is 13.4. The van der Waals surface area contributed by atoms with Crippen molar-refractivity contribution in [2.75, 3.05) is 4.90 Å². The van der Waals surface area contributed by atoms with E-state index >= 15 is 0 Å². The molecule has 0 aliphatic carbocycles. The molecule has 0 N–H and O–H groups in total. The molecule has 2 aromatic carbocycles. The van der Waals surface area contributed by atoms with Gasteiger partial charge in [-0.25, -0.2) is 4.98 Å². The van der Waals surface area contributed by atoms with Gasteiger partial charge >= 0.3 is 0 Å². The number of hydrogen-bond acceptors (Lipinski definition) is 4. The van der Waals surface area contributed by atoms with E-state index in [2.05, 4.69) is 49.2 Å². The van der Waals surface area contributed by atoms with Gasteiger partial charge in [-0.05, 0) is 61.2 Å². The topological polar surface area (TPSA) is 46.1 Å². The van der Waals surface area contributed by atoms with Crippen molar-refractivity contribution in [3.05, 3.63) is 88.7 Å². The van der Waals surface area contributed by atoms with Crippen LogP contribution >= 0.6 is 11.3 Å². The number of carbonyl (C=O) groups is 1. The van der Waals surface area contributed by atoms with Crippen molar-refractivity contribution in [3.63, 3.8) is 0 Å². The van der Waals surface area contributed by atoms with Crippen molar-refractivity contribution in [3.8, 4) is 0 Å². The van der Waals surface area contributed by atoms with E-state index in [1.54, 1.807) is 28.6 Å². The third-order valence-electron chi connectivity index (χ3n) is 4.97. The first-order valence-electron chi connectivity index (χ1n) is 9.62. The van der Waals surface area contributed by atoms with Gasteiger partial charge in [0.2, 0.25) is 5.91 Å². The molecule has 4 aromatic rings. The summed E-state index contributed by atoms with van der Waals surface area (Å²) in [7, 11) is 0. The summed E-state index contributed by atoms with van der Waals surface area (Å²) >= 11 is 1.56. The van der Waals surface area contributed by atoms with E-state index < -0.39 is 0 Å². The Bertz CT molecular complexity index is 1170. The number of aryl methyl sites for hydroxylation is 3. The number of benzene rings is 2. The van der Waals surface area contributed by atoms with Crippen molar-refractivity contribution < 1.29 is 4.79 Å². The van der Waals surface area contributed by atoms with Crippen LogP contribution in [0.4, 0.5) is 5.13 Å². The summed E-state index contributed by atoms with van der Waals surface area (Å²) in [6.45, 7) is 6.62. The lowest BCUT2D eigenvalue weighted by molar-refractivity contribution is -0.118. The standard InChI is InChI=1S/C24H23N3OS/c1-16-6-8-18(3)20(11-16)13-23(28)27(15-19-5-4-10-25-14-19)24-26-21-9-7-17(2)12-22(21)29-24/h4-12,14H,13,15H2,1-3H3. The van der Waals surface area contributed by atoms with Gasteiger partial charge in [-0.1, -0.05) is 47.2 Å². The van der Waals surface area contributed by atoms with E-state index in [0.29, 0.717) is 13.0 Å². The quantitative estimate of drug-likeness (QED) is 0.450. The Morgan fingerprint density at radius 2 is 1.83 bits per heavy atom. The first-order valence-corrected chi connectivity index (χ1v) is 10.4. The number of hydrogen-bond donors (Lipinski definition) is 0. The molecule has 2 heterocycles. The normalized spacial score (nSPS) is 11.0. The predicted molar refractivity (Wildman–Crippen MR) is 119 cm³/mol. The predicted octanol–water partition coefficient (Wildman–Crippen LogP) is 5.39. The Morgan fingerprint density at radius 3 is 2.62 bits per heavy atom. The number of pyridine rings is 1. The molecule has 2 aromatic heterocycles. The second-order valence-electron chi connectivity index (χ2n) is 7.42. The third kappa shape index (κ3) is 4.35. The van der Waals surface area contributed by atoms with Gasteiger partial charge < -0.3 is 0 Å². The Kier molecular flexibility index (Phi) is 5.41. The molecular formula is C24H23N3OS. The smallest absolute Gasteiger partial charge is 0.233 e. The van der Waals surface area contributed by atoms with Crippen LogP contribution in [-0.2, 0) is 17.8 Å². The van der Waals surface area contributed by atoms with Gasteiger partial charge in [-0.2, -0.15) is 0 Å². The van der Waals surface area contributed by atoms with Gasteiger partial charge in [0.05, 0.1) is 23.2 Å². The monoisotopic (exact) mass is 401 g/mol. The molecule has 0 saturated carbocycles. The molecular weight excluding hydrogens is 378 g/mol. The minimum Gasteiger partial charge on any atom is -0.283 e. The molecule has 1 amide bonds. The van der Waals surface area contributed by atoms with Gasteiger partial charge in [-0.15, -0.1) is 0 Å². The summed E-state index contributed by atoms with van der Waals surface area (Å²) < 4.78 is 1.09. The van der Waals surface area contributed by atoms with Gasteiger partial charge in [0.1, 0.15) is 0 Å². The lowest BCUT2D eigenvalue weighted by Crippen LogP contribution is -2.32. The van der Waals surface area contributed by atoms with Crippen LogP contribution < -0.4 is 4.90 Å². The van der Waals surface area contributed by atoms with E-state index in [4.69, 9.17) is 4.98 Å². The van der Waals surface area contributed by atoms with Crippen LogP contribution in [0.25, 0.3) is 10.2 Å². The molecule has 29 heavy (non-hydrogen) atoms. The van der Waals surface area contributed by atoms with E-state index in [0.717, 1.165) is 37.6 Å². The fourth-order valence-corrected chi connectivity index (χ4v) is 4.40. The minimum atomic E-state index is 0.0401. The number of rotatable bonds is 5. The summed E-state index contributed by atoms with van der Waals surface area (Å²) in [4.78, 5) is 24.1. The zero-order chi connectivity index (χ0) is 20.4. The summed E-state index contributed by atoms with van der Waals surface area (Å²) in [6, 6.07) is 16.3. The van der Waals surface area contributed by atoms with Crippen molar-refractivity contribution in [2.24, 2.45) is 0 Å². The average molecular weight is 402 g/mol. The summed E-state index contributed by atoms with van der Waals surface area (Å²) in [6.07, 6.45) is 3.89. The van der Waals surface area contributed by atoms with Gasteiger partial charge in [0.25, 0.3) is 0 Å². The van der Waals surface area contributed by atoms with Gasteiger partial charge in [0.15, 0.2) is 5.13 Å². The highest BCUT2D eigenvalue weighted by Gasteiger charge is 2.21. The molecule has 0 bridgehead atoms. The van der Waals surface area contributed by atoms with E-state index in [9.17, 15) is 4.79 Å². The van der Waals surface area contributed by atoms with Crippen LogP contribution in [-0.4, -0.2) is 15.9 Å². The Labute approximate surface area is 174 Å². The molecule has 0 spiro atoms. The van der Waals surface area contributed by atoms with Crippen molar-refractivity contribution in [1.82, 2.24) is 9.97 Å². The molecule has 0 atom stereocenters. The number of anilines is 1. The van der Waals surface area contributed by atoms with Crippen LogP contribution in [0.2, 0.25) is 0 Å². The van der Waals surface area contributed by atoms with E-state index in [1.165, 1.54) is 5.56 Å². The second-order valence-corrected chi connectivity index (χ2v) is 8.42. The van der Waals surface area contributed by atoms with Gasteiger partial charge in [0, 0.05) is 12.4 Å². The van der Waals surface area contributed by atoms with E-state index in [-0.39, 0.29) is 5.91 Å². The maximum atomic E-state index is 13.4. The Hall–Kier alpha value is -3.05. The second kappa shape index (κ2) is 8.13. The van der Waals surface area contributed by atoms with Crippen molar-refractivity contribution in [2.45, 2.75) is 33.7 Å². The molecule has 0 radical (unpaired) electrons. The fourth-order valence-electron chi connectivity index (χ4n) is 3.32. The van der Waals surface area contributed by atoms with Crippen molar-refractivity contribution in [1.29, 1.82) is 0 Å². The van der Waals surface area contributed by atoms with E-state index in [1.807, 2.05) is 25.1 Å². The van der Waals surface area contributed by atoms with Gasteiger partial charge in [-0.3, -0.25) is 14.7 Å². The molecule has 0 saturated heterocycles. The molecule has 4 rings (SSSR count). The lowest BCUT2D eigenvalue weighted by Gasteiger charge is -2.20. The third-order valence-corrected chi connectivity index (χ3v) is 6.02. The van der Waals surface area contributed by atoms with Crippen LogP contribution in [0.3, 0.4) is 0 Å². The summed E-state index contributed by atoms with van der Waals surface area (Å²) in [5, 5.41) is 0.727. The Balaban J connectivity index is 1.70. The first kappa shape index (κ1) is 19.3. The van der Waals surface area contributed by atoms with Crippen LogP contribution in [0.1, 0.15) is 27.8 Å². The number of amides is 1. The number of thiazole rings is 1. The molecule has 5 heteroatoms. The molecule has 0 aliphatic heterocycles.